The van der Waals surface area contributed by atoms with E-state index in [1.807, 2.05) is 0 Å². The molecule has 0 fully saturated rings. The third kappa shape index (κ3) is 3.05. The summed E-state index contributed by atoms with van der Waals surface area (Å²) in [7, 11) is 0. The Kier molecular flexibility index (Phi) is 4.24. The van der Waals surface area contributed by atoms with Crippen LogP contribution in [0.1, 0.15) is 24.4 Å². The second kappa shape index (κ2) is 5.46. The minimum absolute atomic E-state index is 0.403. The van der Waals surface area contributed by atoms with E-state index in [0.717, 1.165) is 6.07 Å². The molecule has 1 rings (SSSR count). The van der Waals surface area contributed by atoms with Crippen molar-refractivity contribution in [1.29, 1.82) is 0 Å². The highest BCUT2D eigenvalue weighted by molar-refractivity contribution is 5.56. The van der Waals surface area contributed by atoms with Gasteiger partial charge in [0.2, 0.25) is 5.75 Å². The fraction of sp³-hybridized carbons (Fsp3) is 0.400. The van der Waals surface area contributed by atoms with Crippen molar-refractivity contribution in [2.24, 2.45) is 11.5 Å². The van der Waals surface area contributed by atoms with E-state index in [2.05, 4.69) is 0 Å². The number of hydrogen-bond donors (Lipinski definition) is 4. The van der Waals surface area contributed by atoms with Crippen LogP contribution in [0.5, 0.6) is 11.5 Å². The van der Waals surface area contributed by atoms with Gasteiger partial charge in [-0.2, -0.15) is 0 Å². The Labute approximate surface area is 97.8 Å². The number of nitrogens with zero attached hydrogens (tertiary/aromatic N) is 1. The lowest BCUT2D eigenvalue weighted by Gasteiger charge is -2.12. The number of benzene rings is 1. The molecule has 17 heavy (non-hydrogen) atoms. The molecule has 0 unspecified atom stereocenters. The number of nitrogens with two attached hydrogens (primary N) is 2. The molecule has 0 spiro atoms. The van der Waals surface area contributed by atoms with E-state index in [1.54, 1.807) is 0 Å². The van der Waals surface area contributed by atoms with Gasteiger partial charge in [-0.1, -0.05) is 0 Å². The third-order valence-electron chi connectivity index (χ3n) is 2.44. The molecule has 0 radical (unpaired) electrons. The molecule has 0 bridgehead atoms. The average molecular weight is 241 g/mol. The molecule has 6 N–H and O–H groups in total. The Morgan fingerprint density at radius 3 is 2.59 bits per heavy atom. The summed E-state index contributed by atoms with van der Waals surface area (Å²) in [5, 5.41) is 29.3. The topological polar surface area (TPSA) is 136 Å². The summed E-state index contributed by atoms with van der Waals surface area (Å²) < 4.78 is 0. The molecule has 0 saturated heterocycles. The first-order chi connectivity index (χ1) is 7.97. The Morgan fingerprint density at radius 2 is 2.06 bits per heavy atom. The van der Waals surface area contributed by atoms with Crippen LogP contribution in [0.15, 0.2) is 12.1 Å². The van der Waals surface area contributed by atoms with Crippen LogP contribution in [0, 0.1) is 10.1 Å². The average Bonchev–Trinajstić information content (AvgIpc) is 2.28. The number of hydrogen-bond acceptors (Lipinski definition) is 6. The van der Waals surface area contributed by atoms with Gasteiger partial charge in [-0.3, -0.25) is 10.1 Å². The predicted octanol–water partition coefficient (Wildman–Crippen LogP) is 0.745. The molecule has 0 aliphatic rings. The van der Waals surface area contributed by atoms with Gasteiger partial charge >= 0.3 is 5.69 Å². The molecular formula is C10H15N3O4. The van der Waals surface area contributed by atoms with E-state index >= 15 is 0 Å². The van der Waals surface area contributed by atoms with Crippen molar-refractivity contribution in [2.45, 2.75) is 18.9 Å². The molecule has 0 heterocycles. The second-order valence-electron chi connectivity index (χ2n) is 3.70. The summed E-state index contributed by atoms with van der Waals surface area (Å²) in [4.78, 5) is 9.87. The number of nitro benzene ring substituents is 1. The highest BCUT2D eigenvalue weighted by atomic mass is 16.6. The number of nitro groups is 1. The maximum Gasteiger partial charge on any atom is 0.314 e. The summed E-state index contributed by atoms with van der Waals surface area (Å²) in [6, 6.07) is 1.93. The highest BCUT2D eigenvalue weighted by Crippen LogP contribution is 2.37. The molecule has 94 valence electrons. The number of rotatable bonds is 5. The van der Waals surface area contributed by atoms with Crippen LogP contribution < -0.4 is 11.5 Å². The Hall–Kier alpha value is -1.86. The maximum absolute atomic E-state index is 10.6. The van der Waals surface area contributed by atoms with E-state index in [-0.39, 0.29) is 0 Å². The summed E-state index contributed by atoms with van der Waals surface area (Å²) >= 11 is 0. The third-order valence-corrected chi connectivity index (χ3v) is 2.44. The van der Waals surface area contributed by atoms with Gasteiger partial charge in [0.15, 0.2) is 5.75 Å². The lowest BCUT2D eigenvalue weighted by atomic mass is 10.0. The minimum atomic E-state index is -0.770. The second-order valence-corrected chi connectivity index (χ2v) is 3.70. The molecule has 1 aromatic rings. The first-order valence-electron chi connectivity index (χ1n) is 5.13. The Bertz CT molecular complexity index is 422. The Morgan fingerprint density at radius 1 is 1.41 bits per heavy atom. The zero-order valence-electron chi connectivity index (χ0n) is 9.17. The SMILES string of the molecule is NCCC[C@@H](N)c1cc(O)c(O)c([N+](=O)[O-])c1. The van der Waals surface area contributed by atoms with Crippen molar-refractivity contribution < 1.29 is 15.1 Å². The first-order valence-corrected chi connectivity index (χ1v) is 5.13. The van der Waals surface area contributed by atoms with E-state index < -0.39 is 28.2 Å². The Balaban J connectivity index is 3.05. The molecule has 0 saturated carbocycles. The largest absolute Gasteiger partial charge is 0.504 e. The molecule has 1 aromatic carbocycles. The number of aromatic hydroxyl groups is 2. The fourth-order valence-corrected chi connectivity index (χ4v) is 1.48. The van der Waals surface area contributed by atoms with E-state index in [4.69, 9.17) is 11.5 Å². The highest BCUT2D eigenvalue weighted by Gasteiger charge is 2.20. The van der Waals surface area contributed by atoms with Crippen molar-refractivity contribution in [1.82, 2.24) is 0 Å². The molecular weight excluding hydrogens is 226 g/mol. The van der Waals surface area contributed by atoms with Crippen molar-refractivity contribution in [3.63, 3.8) is 0 Å². The normalized spacial score (nSPS) is 12.4. The zero-order chi connectivity index (χ0) is 13.0. The smallest absolute Gasteiger partial charge is 0.314 e. The van der Waals surface area contributed by atoms with E-state index in [0.29, 0.717) is 24.9 Å². The minimum Gasteiger partial charge on any atom is -0.504 e. The summed E-state index contributed by atoms with van der Waals surface area (Å²) in [5.41, 5.74) is 11.0. The van der Waals surface area contributed by atoms with Crippen LogP contribution in [0.3, 0.4) is 0 Å². The summed E-state index contributed by atoms with van der Waals surface area (Å²) in [6.07, 6.45) is 1.23. The first kappa shape index (κ1) is 13.2. The molecule has 7 nitrogen and oxygen atoms in total. The van der Waals surface area contributed by atoms with Gasteiger partial charge in [0.1, 0.15) is 0 Å². The molecule has 0 aromatic heterocycles. The molecule has 0 aliphatic heterocycles. The molecule has 7 heteroatoms. The number of phenolic OH excluding ortho intramolecular Hbond substituents is 2. The van der Waals surface area contributed by atoms with Crippen LogP contribution in [0.25, 0.3) is 0 Å². The van der Waals surface area contributed by atoms with Crippen LogP contribution in [-0.2, 0) is 0 Å². The van der Waals surface area contributed by atoms with Gasteiger partial charge < -0.3 is 21.7 Å². The lowest BCUT2D eigenvalue weighted by Crippen LogP contribution is -2.12. The van der Waals surface area contributed by atoms with Crippen LogP contribution in [-0.4, -0.2) is 21.7 Å². The van der Waals surface area contributed by atoms with Crippen LogP contribution in [0.4, 0.5) is 5.69 Å². The van der Waals surface area contributed by atoms with E-state index in [1.165, 1.54) is 6.07 Å². The van der Waals surface area contributed by atoms with Crippen molar-refractivity contribution in [3.05, 3.63) is 27.8 Å². The maximum atomic E-state index is 10.6. The van der Waals surface area contributed by atoms with Crippen LogP contribution in [0.2, 0.25) is 0 Å². The fourth-order valence-electron chi connectivity index (χ4n) is 1.48. The van der Waals surface area contributed by atoms with Crippen LogP contribution >= 0.6 is 0 Å². The van der Waals surface area contributed by atoms with E-state index in [9.17, 15) is 20.3 Å². The lowest BCUT2D eigenvalue weighted by molar-refractivity contribution is -0.386. The van der Waals surface area contributed by atoms with Gasteiger partial charge in [0.25, 0.3) is 0 Å². The monoisotopic (exact) mass is 241 g/mol. The van der Waals surface area contributed by atoms with Crippen molar-refractivity contribution >= 4 is 5.69 Å². The van der Waals surface area contributed by atoms with Gasteiger partial charge in [-0.25, -0.2) is 0 Å². The van der Waals surface area contributed by atoms with Gasteiger partial charge in [0, 0.05) is 12.1 Å². The van der Waals surface area contributed by atoms with Gasteiger partial charge in [-0.05, 0) is 31.0 Å². The zero-order valence-corrected chi connectivity index (χ0v) is 9.17. The molecule has 0 aliphatic carbocycles. The quantitative estimate of drug-likeness (QED) is 0.341. The molecule has 1 atom stereocenters. The molecule has 0 amide bonds. The van der Waals surface area contributed by atoms with Crippen molar-refractivity contribution in [2.75, 3.05) is 6.54 Å². The van der Waals surface area contributed by atoms with Gasteiger partial charge in [0.05, 0.1) is 4.92 Å². The number of phenols is 2. The summed E-state index contributed by atoms with van der Waals surface area (Å²) in [5.74, 6) is -1.29. The van der Waals surface area contributed by atoms with Gasteiger partial charge in [-0.15, -0.1) is 0 Å². The standard InChI is InChI=1S/C10H15N3O4/c11-3-1-2-7(12)6-4-8(13(16)17)10(15)9(14)5-6/h4-5,7,14-15H,1-3,11-12H2/t7-/m1/s1. The van der Waals surface area contributed by atoms with Crippen molar-refractivity contribution in [3.8, 4) is 11.5 Å². The summed E-state index contributed by atoms with van der Waals surface area (Å²) in [6.45, 7) is 0.472. The predicted molar refractivity (Wildman–Crippen MR) is 61.6 cm³/mol.